The Morgan fingerprint density at radius 2 is 1.70 bits per heavy atom. The molecule has 0 bridgehead atoms. The molecule has 1 aliphatic heterocycles. The van der Waals surface area contributed by atoms with Crippen LogP contribution >= 0.6 is 11.8 Å². The normalized spacial score (nSPS) is 13.8. The molecular weight excluding hydrogens is 396 g/mol. The minimum absolute atomic E-state index is 0.185. The third kappa shape index (κ3) is 4.14. The van der Waals surface area contributed by atoms with E-state index < -0.39 is 0 Å². The highest BCUT2D eigenvalue weighted by Gasteiger charge is 2.39. The van der Waals surface area contributed by atoms with Crippen LogP contribution in [0.15, 0.2) is 88.9 Å². The molecule has 1 aromatic heterocycles. The Hall–Kier alpha value is -3.38. The molecule has 0 spiro atoms. The van der Waals surface area contributed by atoms with E-state index in [1.165, 1.54) is 16.7 Å². The largest absolute Gasteiger partial charge is 0.494 e. The number of amides is 2. The maximum atomic E-state index is 13.3. The predicted octanol–water partition coefficient (Wildman–Crippen LogP) is 4.55. The van der Waals surface area contributed by atoms with Crippen molar-refractivity contribution in [2.24, 2.45) is 0 Å². The number of hydrogen-bond acceptors (Lipinski definition) is 5. The number of aromatic nitrogens is 1. The smallest absolute Gasteiger partial charge is 0.268 e. The molecule has 0 fully saturated rings. The van der Waals surface area contributed by atoms with Gasteiger partial charge in [0.05, 0.1) is 23.6 Å². The topological polar surface area (TPSA) is 59.5 Å². The number of thioether (sulfide) groups is 1. The van der Waals surface area contributed by atoms with Gasteiger partial charge in [-0.15, -0.1) is 0 Å². The number of hydrogen-bond donors (Lipinski definition) is 0. The monoisotopic (exact) mass is 416 g/mol. The summed E-state index contributed by atoms with van der Waals surface area (Å²) < 4.78 is 5.50. The fourth-order valence-corrected chi connectivity index (χ4v) is 4.25. The van der Waals surface area contributed by atoms with E-state index in [4.69, 9.17) is 4.74 Å². The molecule has 0 radical (unpaired) electrons. The van der Waals surface area contributed by atoms with Gasteiger partial charge < -0.3 is 4.74 Å². The first-order chi connectivity index (χ1) is 14.7. The molecule has 2 heterocycles. The van der Waals surface area contributed by atoms with Crippen molar-refractivity contribution >= 4 is 29.1 Å². The lowest BCUT2D eigenvalue weighted by molar-refractivity contribution is -0.137. The van der Waals surface area contributed by atoms with E-state index in [0.29, 0.717) is 22.6 Å². The maximum Gasteiger partial charge on any atom is 0.268 e. The molecule has 0 saturated heterocycles. The number of carbonyl (C=O) groups is 2. The molecule has 30 heavy (non-hydrogen) atoms. The second-order valence-electron chi connectivity index (χ2n) is 6.63. The number of rotatable bonds is 7. The first-order valence-electron chi connectivity index (χ1n) is 9.63. The van der Waals surface area contributed by atoms with Crippen molar-refractivity contribution in [3.63, 3.8) is 0 Å². The fourth-order valence-electron chi connectivity index (χ4n) is 3.21. The third-order valence-electron chi connectivity index (χ3n) is 4.61. The van der Waals surface area contributed by atoms with E-state index in [0.717, 1.165) is 16.2 Å². The van der Waals surface area contributed by atoms with E-state index >= 15 is 0 Å². The highest BCUT2D eigenvalue weighted by Crippen LogP contribution is 2.40. The molecule has 0 aliphatic carbocycles. The number of ether oxygens (including phenoxy) is 1. The summed E-state index contributed by atoms with van der Waals surface area (Å²) in [4.78, 5) is 33.3. The van der Waals surface area contributed by atoms with Gasteiger partial charge in [0.1, 0.15) is 5.75 Å². The average molecular weight is 417 g/mol. The van der Waals surface area contributed by atoms with Gasteiger partial charge in [0.2, 0.25) is 0 Å². The Labute approximate surface area is 179 Å². The van der Waals surface area contributed by atoms with Crippen LogP contribution in [0, 0.1) is 0 Å². The van der Waals surface area contributed by atoms with Gasteiger partial charge in [-0.25, -0.2) is 0 Å². The van der Waals surface area contributed by atoms with Gasteiger partial charge in [0.25, 0.3) is 11.8 Å². The lowest BCUT2D eigenvalue weighted by atomic mass is 10.1. The fraction of sp³-hybridized carbons (Fsp3) is 0.125. The number of benzene rings is 2. The number of carbonyl (C=O) groups excluding carboxylic acids is 2. The first-order valence-corrected chi connectivity index (χ1v) is 10.4. The third-order valence-corrected chi connectivity index (χ3v) is 5.70. The molecule has 2 aromatic carbocycles. The minimum atomic E-state index is -0.300. The van der Waals surface area contributed by atoms with Gasteiger partial charge in [-0.2, -0.15) is 0 Å². The Bertz CT molecular complexity index is 1080. The van der Waals surface area contributed by atoms with Crippen molar-refractivity contribution in [3.8, 4) is 5.75 Å². The van der Waals surface area contributed by atoms with Crippen LogP contribution in [0.1, 0.15) is 18.1 Å². The molecule has 0 saturated carbocycles. The Kier molecular flexibility index (Phi) is 5.95. The molecule has 0 unspecified atom stereocenters. The highest BCUT2D eigenvalue weighted by atomic mass is 32.2. The van der Waals surface area contributed by atoms with Crippen LogP contribution in [0.3, 0.4) is 0 Å². The van der Waals surface area contributed by atoms with Crippen LogP contribution in [-0.4, -0.2) is 28.3 Å². The summed E-state index contributed by atoms with van der Waals surface area (Å²) in [6, 6.07) is 20.5. The zero-order valence-electron chi connectivity index (χ0n) is 16.4. The summed E-state index contributed by atoms with van der Waals surface area (Å²) in [5.41, 5.74) is 1.92. The molecule has 0 N–H and O–H groups in total. The number of imide groups is 1. The van der Waals surface area contributed by atoms with E-state index in [1.54, 1.807) is 18.5 Å². The highest BCUT2D eigenvalue weighted by molar-refractivity contribution is 8.04. The lowest BCUT2D eigenvalue weighted by Gasteiger charge is -2.15. The van der Waals surface area contributed by atoms with E-state index in [2.05, 4.69) is 4.98 Å². The minimum Gasteiger partial charge on any atom is -0.494 e. The summed E-state index contributed by atoms with van der Waals surface area (Å²) in [6.45, 7) is 2.67. The zero-order valence-corrected chi connectivity index (χ0v) is 17.3. The summed E-state index contributed by atoms with van der Waals surface area (Å²) in [5.74, 6) is 0.135. The number of nitrogens with zero attached hydrogens (tertiary/aromatic N) is 2. The standard InChI is InChI=1S/C24H20N2O3S/c1-2-29-19-12-10-18(11-13-19)21-22(30-20-8-4-3-5-9-20)24(28)26(23(21)27)16-17-7-6-14-25-15-17/h3-15H,2,16H2,1H3. The van der Waals surface area contributed by atoms with Crippen molar-refractivity contribution in [1.29, 1.82) is 0 Å². The van der Waals surface area contributed by atoms with Crippen molar-refractivity contribution in [3.05, 3.63) is 95.2 Å². The van der Waals surface area contributed by atoms with Crippen molar-refractivity contribution in [2.45, 2.75) is 18.4 Å². The second kappa shape index (κ2) is 8.97. The molecule has 5 nitrogen and oxygen atoms in total. The Morgan fingerprint density at radius 3 is 2.37 bits per heavy atom. The van der Waals surface area contributed by atoms with Gasteiger partial charge in [0, 0.05) is 17.3 Å². The molecule has 0 atom stereocenters. The summed E-state index contributed by atoms with van der Waals surface area (Å²) >= 11 is 1.32. The van der Waals surface area contributed by atoms with Gasteiger partial charge >= 0.3 is 0 Å². The van der Waals surface area contributed by atoms with Crippen molar-refractivity contribution in [2.75, 3.05) is 6.61 Å². The molecule has 4 rings (SSSR count). The molecule has 2 amide bonds. The molecule has 6 heteroatoms. The molecule has 3 aromatic rings. The van der Waals surface area contributed by atoms with Gasteiger partial charge in [-0.1, -0.05) is 48.2 Å². The summed E-state index contributed by atoms with van der Waals surface area (Å²) in [7, 11) is 0. The quantitative estimate of drug-likeness (QED) is 0.529. The maximum absolute atomic E-state index is 13.3. The van der Waals surface area contributed by atoms with Gasteiger partial charge in [0.15, 0.2) is 0 Å². The lowest BCUT2D eigenvalue weighted by Crippen LogP contribution is -2.30. The SMILES string of the molecule is CCOc1ccc(C2=C(Sc3ccccc3)C(=O)N(Cc3cccnc3)C2=O)cc1. The van der Waals surface area contributed by atoms with Crippen LogP contribution in [-0.2, 0) is 16.1 Å². The van der Waals surface area contributed by atoms with Crippen LogP contribution in [0.25, 0.3) is 5.57 Å². The number of pyridine rings is 1. The predicted molar refractivity (Wildman–Crippen MR) is 117 cm³/mol. The van der Waals surface area contributed by atoms with Crippen LogP contribution in [0.4, 0.5) is 0 Å². The second-order valence-corrected chi connectivity index (χ2v) is 7.72. The van der Waals surface area contributed by atoms with Crippen molar-refractivity contribution < 1.29 is 14.3 Å². The first kappa shape index (κ1) is 19.9. The van der Waals surface area contributed by atoms with Crippen LogP contribution in [0.2, 0.25) is 0 Å². The average Bonchev–Trinajstić information content (AvgIpc) is 3.00. The molecule has 150 valence electrons. The zero-order chi connectivity index (χ0) is 20.9. The van der Waals surface area contributed by atoms with Gasteiger partial charge in [-0.3, -0.25) is 19.5 Å². The van der Waals surface area contributed by atoms with Gasteiger partial charge in [-0.05, 0) is 48.4 Å². The van der Waals surface area contributed by atoms with Crippen molar-refractivity contribution in [1.82, 2.24) is 9.88 Å². The summed E-state index contributed by atoms with van der Waals surface area (Å²) in [5, 5.41) is 0. The Morgan fingerprint density at radius 1 is 0.933 bits per heavy atom. The van der Waals surface area contributed by atoms with E-state index in [9.17, 15) is 9.59 Å². The van der Waals surface area contributed by atoms with Crippen LogP contribution < -0.4 is 4.74 Å². The van der Waals surface area contributed by atoms with E-state index in [1.807, 2.05) is 67.6 Å². The molecular formula is C24H20N2O3S. The van der Waals surface area contributed by atoms with E-state index in [-0.39, 0.29) is 18.4 Å². The summed E-state index contributed by atoms with van der Waals surface area (Å²) in [6.07, 6.45) is 3.33. The molecule has 1 aliphatic rings. The van der Waals surface area contributed by atoms with Crippen LogP contribution in [0.5, 0.6) is 5.75 Å². The Balaban J connectivity index is 1.71.